The van der Waals surface area contributed by atoms with Gasteiger partial charge < -0.3 is 15.2 Å². The summed E-state index contributed by atoms with van der Waals surface area (Å²) >= 11 is 0. The molecule has 8 heteroatoms. The van der Waals surface area contributed by atoms with Crippen LogP contribution in [0.5, 0.6) is 5.75 Å². The number of amides is 1. The van der Waals surface area contributed by atoms with E-state index in [4.69, 9.17) is 4.74 Å². The van der Waals surface area contributed by atoms with Gasteiger partial charge in [0.25, 0.3) is 0 Å². The monoisotopic (exact) mass is 491 g/mol. The van der Waals surface area contributed by atoms with Crippen molar-refractivity contribution in [1.82, 2.24) is 15.1 Å². The number of halogens is 2. The van der Waals surface area contributed by atoms with E-state index in [0.29, 0.717) is 40.2 Å². The first-order chi connectivity index (χ1) is 17.4. The van der Waals surface area contributed by atoms with Crippen LogP contribution in [0.2, 0.25) is 0 Å². The van der Waals surface area contributed by atoms with Crippen LogP contribution in [0.25, 0.3) is 16.9 Å². The Labute approximate surface area is 208 Å². The van der Waals surface area contributed by atoms with Gasteiger partial charge in [-0.15, -0.1) is 0 Å². The predicted octanol–water partition coefficient (Wildman–Crippen LogP) is 4.92. The van der Waals surface area contributed by atoms with Gasteiger partial charge in [0.15, 0.2) is 0 Å². The summed E-state index contributed by atoms with van der Waals surface area (Å²) in [5, 5.41) is 17.2. The van der Waals surface area contributed by atoms with Crippen molar-refractivity contribution in [2.75, 3.05) is 13.7 Å². The van der Waals surface area contributed by atoms with Crippen molar-refractivity contribution < 1.29 is 23.4 Å². The van der Waals surface area contributed by atoms with Crippen molar-refractivity contribution in [1.29, 1.82) is 0 Å². The van der Waals surface area contributed by atoms with Gasteiger partial charge in [0.1, 0.15) is 17.4 Å². The number of aliphatic hydroxyl groups is 1. The van der Waals surface area contributed by atoms with Crippen LogP contribution >= 0.6 is 0 Å². The Morgan fingerprint density at radius 2 is 1.83 bits per heavy atom. The Kier molecular flexibility index (Phi) is 7.75. The van der Waals surface area contributed by atoms with Crippen molar-refractivity contribution in [2.45, 2.75) is 25.8 Å². The van der Waals surface area contributed by atoms with E-state index in [1.54, 1.807) is 36.9 Å². The van der Waals surface area contributed by atoms with Crippen LogP contribution in [0.1, 0.15) is 29.3 Å². The van der Waals surface area contributed by atoms with E-state index in [1.165, 1.54) is 24.3 Å². The molecule has 4 rings (SSSR count). The number of nitrogens with zero attached hydrogens (tertiary/aromatic N) is 2. The highest BCUT2D eigenvalue weighted by atomic mass is 19.1. The molecule has 6 nitrogen and oxygen atoms in total. The molecule has 2 N–H and O–H groups in total. The van der Waals surface area contributed by atoms with Crippen LogP contribution < -0.4 is 10.1 Å². The van der Waals surface area contributed by atoms with Crippen molar-refractivity contribution in [3.05, 3.63) is 101 Å². The number of methoxy groups -OCH3 is 1. The number of hydrogen-bond acceptors (Lipinski definition) is 4. The molecule has 0 aliphatic rings. The number of hydrogen-bond donors (Lipinski definition) is 2. The summed E-state index contributed by atoms with van der Waals surface area (Å²) in [5.41, 5.74) is 3.93. The average Bonchev–Trinajstić information content (AvgIpc) is 3.30. The molecule has 1 amide bonds. The molecule has 3 aromatic carbocycles. The van der Waals surface area contributed by atoms with Gasteiger partial charge in [-0.2, -0.15) is 5.10 Å². The lowest BCUT2D eigenvalue weighted by Crippen LogP contribution is -2.31. The van der Waals surface area contributed by atoms with Gasteiger partial charge in [0.05, 0.1) is 36.8 Å². The number of aromatic nitrogens is 2. The Balaban J connectivity index is 1.54. The molecule has 4 aromatic rings. The van der Waals surface area contributed by atoms with E-state index in [-0.39, 0.29) is 24.8 Å². The van der Waals surface area contributed by atoms with Crippen LogP contribution in [0, 0.1) is 18.6 Å². The molecule has 0 aliphatic heterocycles. The topological polar surface area (TPSA) is 76.4 Å². The molecule has 0 saturated carbocycles. The third-order valence-corrected chi connectivity index (χ3v) is 5.79. The number of benzene rings is 3. The van der Waals surface area contributed by atoms with Gasteiger partial charge in [0, 0.05) is 18.4 Å². The number of rotatable bonds is 9. The van der Waals surface area contributed by atoms with E-state index in [2.05, 4.69) is 10.4 Å². The quantitative estimate of drug-likeness (QED) is 0.349. The van der Waals surface area contributed by atoms with Crippen molar-refractivity contribution in [3.63, 3.8) is 0 Å². The second-order valence-corrected chi connectivity index (χ2v) is 8.51. The standard InChI is InChI=1S/C28H27F2N3O3/c1-18-12-20(15-22(30)13-18)26(17-34)31-28(35)11-6-23-16-27(19-4-3-5-21(29)14-19)33(32-23)24-7-9-25(36-2)10-8-24/h3-5,7-10,12-16,26,34H,6,11,17H2,1-2H3,(H,31,35). The van der Waals surface area contributed by atoms with Gasteiger partial charge in [-0.25, -0.2) is 13.5 Å². The fourth-order valence-corrected chi connectivity index (χ4v) is 4.03. The second kappa shape index (κ2) is 11.1. The molecule has 0 radical (unpaired) electrons. The summed E-state index contributed by atoms with van der Waals surface area (Å²) in [7, 11) is 1.58. The molecule has 0 aliphatic carbocycles. The van der Waals surface area contributed by atoms with Crippen molar-refractivity contribution >= 4 is 5.91 Å². The summed E-state index contributed by atoms with van der Waals surface area (Å²) < 4.78 is 34.7. The summed E-state index contributed by atoms with van der Waals surface area (Å²) in [6, 6.07) is 19.1. The van der Waals surface area contributed by atoms with Crippen molar-refractivity contribution in [3.8, 4) is 22.7 Å². The minimum atomic E-state index is -0.716. The van der Waals surface area contributed by atoms with E-state index < -0.39 is 11.9 Å². The minimum Gasteiger partial charge on any atom is -0.497 e. The normalized spacial score (nSPS) is 11.8. The van der Waals surface area contributed by atoms with Crippen LogP contribution in [0.4, 0.5) is 8.78 Å². The van der Waals surface area contributed by atoms with E-state index in [0.717, 1.165) is 5.69 Å². The van der Waals surface area contributed by atoms with Crippen LogP contribution in [-0.2, 0) is 11.2 Å². The Hall–Kier alpha value is -4.04. The third-order valence-electron chi connectivity index (χ3n) is 5.79. The first-order valence-electron chi connectivity index (χ1n) is 11.5. The Bertz CT molecular complexity index is 1330. The highest BCUT2D eigenvalue weighted by molar-refractivity contribution is 5.76. The lowest BCUT2D eigenvalue weighted by Gasteiger charge is -2.17. The van der Waals surface area contributed by atoms with E-state index in [9.17, 15) is 18.7 Å². The molecule has 0 fully saturated rings. The smallest absolute Gasteiger partial charge is 0.220 e. The van der Waals surface area contributed by atoms with Crippen LogP contribution in [0.15, 0.2) is 72.8 Å². The number of nitrogens with one attached hydrogen (secondary N) is 1. The highest BCUT2D eigenvalue weighted by Gasteiger charge is 2.17. The molecule has 36 heavy (non-hydrogen) atoms. The maximum absolute atomic E-state index is 13.9. The largest absolute Gasteiger partial charge is 0.497 e. The average molecular weight is 492 g/mol. The molecule has 1 unspecified atom stereocenters. The van der Waals surface area contributed by atoms with E-state index in [1.807, 2.05) is 30.3 Å². The molecule has 1 atom stereocenters. The Morgan fingerprint density at radius 3 is 2.50 bits per heavy atom. The number of aryl methyl sites for hydroxylation is 2. The molecule has 0 bridgehead atoms. The lowest BCUT2D eigenvalue weighted by molar-refractivity contribution is -0.122. The van der Waals surface area contributed by atoms with Gasteiger partial charge in [0.2, 0.25) is 5.91 Å². The highest BCUT2D eigenvalue weighted by Crippen LogP contribution is 2.26. The maximum Gasteiger partial charge on any atom is 0.220 e. The zero-order valence-corrected chi connectivity index (χ0v) is 20.0. The molecule has 1 aromatic heterocycles. The number of carbonyl (C=O) groups excluding carboxylic acids is 1. The molecule has 0 spiro atoms. The predicted molar refractivity (Wildman–Crippen MR) is 133 cm³/mol. The minimum absolute atomic E-state index is 0.104. The maximum atomic E-state index is 13.9. The summed E-state index contributed by atoms with van der Waals surface area (Å²) in [6.07, 6.45) is 0.421. The zero-order chi connectivity index (χ0) is 25.7. The fraction of sp³-hybridized carbons (Fsp3) is 0.214. The molecule has 1 heterocycles. The lowest BCUT2D eigenvalue weighted by atomic mass is 10.0. The first-order valence-corrected chi connectivity index (χ1v) is 11.5. The second-order valence-electron chi connectivity index (χ2n) is 8.51. The number of ether oxygens (including phenoxy) is 1. The van der Waals surface area contributed by atoms with Crippen LogP contribution in [-0.4, -0.2) is 34.5 Å². The fourth-order valence-electron chi connectivity index (χ4n) is 4.03. The molecule has 186 valence electrons. The van der Waals surface area contributed by atoms with Crippen LogP contribution in [0.3, 0.4) is 0 Å². The van der Waals surface area contributed by atoms with E-state index >= 15 is 0 Å². The van der Waals surface area contributed by atoms with Gasteiger partial charge in [-0.1, -0.05) is 18.2 Å². The van der Waals surface area contributed by atoms with Crippen molar-refractivity contribution in [2.24, 2.45) is 0 Å². The Morgan fingerprint density at radius 1 is 1.06 bits per heavy atom. The number of carbonyl (C=O) groups is 1. The van der Waals surface area contributed by atoms with Gasteiger partial charge in [-0.05, 0) is 72.6 Å². The summed E-state index contributed by atoms with van der Waals surface area (Å²) in [5.74, 6) is -0.394. The summed E-state index contributed by atoms with van der Waals surface area (Å²) in [4.78, 5) is 12.7. The number of aliphatic hydroxyl groups excluding tert-OH is 1. The van der Waals surface area contributed by atoms with Gasteiger partial charge in [-0.3, -0.25) is 4.79 Å². The van der Waals surface area contributed by atoms with Gasteiger partial charge >= 0.3 is 0 Å². The zero-order valence-electron chi connectivity index (χ0n) is 20.0. The molecular weight excluding hydrogens is 464 g/mol. The molecule has 0 saturated heterocycles. The SMILES string of the molecule is COc1ccc(-n2nc(CCC(=O)NC(CO)c3cc(C)cc(F)c3)cc2-c2cccc(F)c2)cc1. The summed E-state index contributed by atoms with van der Waals surface area (Å²) in [6.45, 7) is 1.39. The third kappa shape index (κ3) is 5.95. The first kappa shape index (κ1) is 25.1. The molecular formula is C28H27F2N3O3.